The average molecular weight is 395 g/mol. The second-order valence-electron chi connectivity index (χ2n) is 6.48. The normalized spacial score (nSPS) is 16.3. The molecule has 1 fully saturated rings. The predicted molar refractivity (Wildman–Crippen MR) is 97.2 cm³/mol. The zero-order chi connectivity index (χ0) is 19.6. The molecule has 2 aromatic rings. The van der Waals surface area contributed by atoms with Gasteiger partial charge in [0.25, 0.3) is 5.91 Å². The Labute approximate surface area is 160 Å². The van der Waals surface area contributed by atoms with Crippen LogP contribution in [0, 0.1) is 5.82 Å². The molecule has 1 aliphatic rings. The zero-order valence-electron chi connectivity index (χ0n) is 14.8. The van der Waals surface area contributed by atoms with Crippen molar-refractivity contribution in [2.24, 2.45) is 0 Å². The van der Waals surface area contributed by atoms with E-state index in [0.29, 0.717) is 37.7 Å². The van der Waals surface area contributed by atoms with Gasteiger partial charge in [0.15, 0.2) is 0 Å². The predicted octanol–water partition coefficient (Wildman–Crippen LogP) is 2.28. The highest BCUT2D eigenvalue weighted by atomic mass is 35.5. The van der Waals surface area contributed by atoms with Gasteiger partial charge in [-0.2, -0.15) is 5.10 Å². The molecule has 0 aliphatic carbocycles. The summed E-state index contributed by atoms with van der Waals surface area (Å²) in [6.45, 7) is 4.35. The van der Waals surface area contributed by atoms with Gasteiger partial charge in [-0.05, 0) is 30.7 Å². The monoisotopic (exact) mass is 394 g/mol. The van der Waals surface area contributed by atoms with E-state index in [1.165, 1.54) is 36.0 Å². The quantitative estimate of drug-likeness (QED) is 0.841. The van der Waals surface area contributed by atoms with E-state index in [-0.39, 0.29) is 17.4 Å². The molecule has 0 spiro atoms. The van der Waals surface area contributed by atoms with E-state index in [1.807, 2.05) is 0 Å². The fourth-order valence-corrected chi connectivity index (χ4v) is 3.29. The lowest BCUT2D eigenvalue weighted by molar-refractivity contribution is -0.140. The lowest BCUT2D eigenvalue weighted by Gasteiger charge is -2.35. The molecule has 1 amide bonds. The van der Waals surface area contributed by atoms with Gasteiger partial charge >= 0.3 is 5.97 Å². The van der Waals surface area contributed by atoms with Crippen molar-refractivity contribution in [1.29, 1.82) is 0 Å². The Balaban J connectivity index is 1.62. The van der Waals surface area contributed by atoms with Crippen molar-refractivity contribution < 1.29 is 19.1 Å². The Morgan fingerprint density at radius 3 is 2.59 bits per heavy atom. The lowest BCUT2D eigenvalue weighted by atomic mass is 10.2. The summed E-state index contributed by atoms with van der Waals surface area (Å²) in [5, 5.41) is 13.5. The van der Waals surface area contributed by atoms with Gasteiger partial charge in [-0.3, -0.25) is 9.69 Å². The first kappa shape index (κ1) is 19.3. The molecule has 1 saturated heterocycles. The summed E-state index contributed by atoms with van der Waals surface area (Å²) in [5.74, 6) is -1.65. The molecule has 1 N–H and O–H groups in total. The molecule has 9 heteroatoms. The summed E-state index contributed by atoms with van der Waals surface area (Å²) in [6, 6.07) is 4.96. The van der Waals surface area contributed by atoms with Crippen LogP contribution in [0.4, 0.5) is 4.39 Å². The maximum absolute atomic E-state index is 13.2. The Morgan fingerprint density at radius 2 is 1.96 bits per heavy atom. The number of carbonyl (C=O) groups is 2. The van der Waals surface area contributed by atoms with Gasteiger partial charge in [-0.25, -0.2) is 13.9 Å². The van der Waals surface area contributed by atoms with Crippen LogP contribution in [-0.4, -0.2) is 62.7 Å². The standard InChI is InChI=1S/C18H20ClFN4O3/c1-12(18(26)27)24-16(4-5-21-24)17(25)23-8-6-22(7-9-23)11-13-2-3-14(20)10-15(13)19/h2-5,10,12H,6-9,11H2,1H3,(H,26,27). The summed E-state index contributed by atoms with van der Waals surface area (Å²) in [4.78, 5) is 27.8. The lowest BCUT2D eigenvalue weighted by Crippen LogP contribution is -2.48. The number of nitrogens with zero attached hydrogens (tertiary/aromatic N) is 4. The highest BCUT2D eigenvalue weighted by molar-refractivity contribution is 6.31. The summed E-state index contributed by atoms with van der Waals surface area (Å²) < 4.78 is 14.4. The number of rotatable bonds is 5. The van der Waals surface area contributed by atoms with Gasteiger partial charge in [0, 0.05) is 43.9 Å². The van der Waals surface area contributed by atoms with Crippen molar-refractivity contribution in [1.82, 2.24) is 19.6 Å². The summed E-state index contributed by atoms with van der Waals surface area (Å²) in [7, 11) is 0. The second-order valence-corrected chi connectivity index (χ2v) is 6.89. The van der Waals surface area contributed by atoms with Crippen molar-refractivity contribution >= 4 is 23.5 Å². The first-order chi connectivity index (χ1) is 12.9. The van der Waals surface area contributed by atoms with Crippen LogP contribution in [-0.2, 0) is 11.3 Å². The molecule has 27 heavy (non-hydrogen) atoms. The second kappa shape index (κ2) is 8.06. The van der Waals surface area contributed by atoms with Crippen LogP contribution in [0.15, 0.2) is 30.5 Å². The number of carboxylic acids is 1. The number of halogens is 2. The molecule has 0 bridgehead atoms. The van der Waals surface area contributed by atoms with E-state index >= 15 is 0 Å². The van der Waals surface area contributed by atoms with Gasteiger partial charge in [0.1, 0.15) is 17.6 Å². The van der Waals surface area contributed by atoms with Crippen LogP contribution in [0.25, 0.3) is 0 Å². The highest BCUT2D eigenvalue weighted by Crippen LogP contribution is 2.20. The van der Waals surface area contributed by atoms with Crippen LogP contribution in [0.3, 0.4) is 0 Å². The third-order valence-corrected chi connectivity index (χ3v) is 5.03. The molecule has 7 nitrogen and oxygen atoms in total. The van der Waals surface area contributed by atoms with Gasteiger partial charge in [0.2, 0.25) is 0 Å². The SMILES string of the molecule is CC(C(=O)O)n1nccc1C(=O)N1CCN(Cc2ccc(F)cc2Cl)CC1. The smallest absolute Gasteiger partial charge is 0.328 e. The van der Waals surface area contributed by atoms with E-state index in [9.17, 15) is 14.0 Å². The molecule has 1 aromatic heterocycles. The molecule has 0 radical (unpaired) electrons. The number of aromatic nitrogens is 2. The summed E-state index contributed by atoms with van der Waals surface area (Å²) >= 11 is 6.08. The van der Waals surface area contributed by atoms with Gasteiger partial charge in [-0.15, -0.1) is 0 Å². The number of aliphatic carboxylic acids is 1. The Bertz CT molecular complexity index is 849. The number of benzene rings is 1. The Kier molecular flexibility index (Phi) is 5.76. The van der Waals surface area contributed by atoms with E-state index in [0.717, 1.165) is 5.56 Å². The third kappa shape index (κ3) is 4.28. The largest absolute Gasteiger partial charge is 0.480 e. The van der Waals surface area contributed by atoms with Crippen molar-refractivity contribution in [3.63, 3.8) is 0 Å². The molecular weight excluding hydrogens is 375 g/mol. The van der Waals surface area contributed by atoms with Crippen LogP contribution in [0.5, 0.6) is 0 Å². The van der Waals surface area contributed by atoms with Crippen LogP contribution >= 0.6 is 11.6 Å². The first-order valence-electron chi connectivity index (χ1n) is 8.58. The zero-order valence-corrected chi connectivity index (χ0v) is 15.6. The minimum absolute atomic E-state index is 0.236. The summed E-state index contributed by atoms with van der Waals surface area (Å²) in [5.41, 5.74) is 1.10. The van der Waals surface area contributed by atoms with Crippen molar-refractivity contribution in [2.45, 2.75) is 19.5 Å². The van der Waals surface area contributed by atoms with Crippen molar-refractivity contribution in [3.8, 4) is 0 Å². The van der Waals surface area contributed by atoms with E-state index in [2.05, 4.69) is 10.00 Å². The Morgan fingerprint density at radius 1 is 1.26 bits per heavy atom. The molecule has 0 saturated carbocycles. The van der Waals surface area contributed by atoms with Crippen LogP contribution in [0.1, 0.15) is 29.0 Å². The molecule has 1 aliphatic heterocycles. The number of amides is 1. The van der Waals surface area contributed by atoms with E-state index < -0.39 is 12.0 Å². The Hall–Kier alpha value is -2.45. The van der Waals surface area contributed by atoms with Gasteiger partial charge in [-0.1, -0.05) is 17.7 Å². The van der Waals surface area contributed by atoms with Crippen LogP contribution in [0.2, 0.25) is 5.02 Å². The minimum atomic E-state index is -1.05. The third-order valence-electron chi connectivity index (χ3n) is 4.68. The van der Waals surface area contributed by atoms with E-state index in [4.69, 9.17) is 16.7 Å². The molecule has 1 atom stereocenters. The number of carbonyl (C=O) groups excluding carboxylic acids is 1. The molecule has 3 rings (SSSR count). The fraction of sp³-hybridized carbons (Fsp3) is 0.389. The molecular formula is C18H20ClFN4O3. The number of hydrogen-bond donors (Lipinski definition) is 1. The number of hydrogen-bond acceptors (Lipinski definition) is 4. The van der Waals surface area contributed by atoms with Gasteiger partial charge < -0.3 is 10.0 Å². The molecule has 1 aromatic carbocycles. The number of piperazine rings is 1. The topological polar surface area (TPSA) is 78.7 Å². The van der Waals surface area contributed by atoms with Crippen molar-refractivity contribution in [2.75, 3.05) is 26.2 Å². The molecule has 144 valence electrons. The highest BCUT2D eigenvalue weighted by Gasteiger charge is 2.27. The summed E-state index contributed by atoms with van der Waals surface area (Å²) in [6.07, 6.45) is 1.43. The fourth-order valence-electron chi connectivity index (χ4n) is 3.06. The maximum Gasteiger partial charge on any atom is 0.328 e. The number of carboxylic acid groups (broad SMARTS) is 1. The van der Waals surface area contributed by atoms with Crippen molar-refractivity contribution in [3.05, 3.63) is 52.6 Å². The maximum atomic E-state index is 13.2. The van der Waals surface area contributed by atoms with Gasteiger partial charge in [0.05, 0.1) is 0 Å². The van der Waals surface area contributed by atoms with Crippen LogP contribution < -0.4 is 0 Å². The minimum Gasteiger partial charge on any atom is -0.480 e. The molecule has 2 heterocycles. The first-order valence-corrected chi connectivity index (χ1v) is 8.96. The molecule has 1 unspecified atom stereocenters. The van der Waals surface area contributed by atoms with E-state index in [1.54, 1.807) is 11.0 Å². The average Bonchev–Trinajstić information content (AvgIpc) is 3.13.